The van der Waals surface area contributed by atoms with Gasteiger partial charge in [0.25, 0.3) is 5.91 Å². The Hall–Kier alpha value is -3.23. The van der Waals surface area contributed by atoms with Gasteiger partial charge in [0.2, 0.25) is 0 Å². The zero-order valence-corrected chi connectivity index (χ0v) is 23.3. The molecule has 0 saturated heterocycles. The number of nitrogens with zero attached hydrogens (tertiary/aromatic N) is 1. The number of carbonyl (C=O) groups excluding carboxylic acids is 1. The second-order valence-corrected chi connectivity index (χ2v) is 9.68. The molecular formula is C29H42F3N3O3. The fourth-order valence-electron chi connectivity index (χ4n) is 3.22. The number of hydrogen-bond acceptors (Lipinski definition) is 5. The fourth-order valence-corrected chi connectivity index (χ4v) is 3.22. The van der Waals surface area contributed by atoms with Crippen LogP contribution >= 0.6 is 0 Å². The van der Waals surface area contributed by atoms with E-state index in [1.807, 2.05) is 34.6 Å². The summed E-state index contributed by atoms with van der Waals surface area (Å²) < 4.78 is 52.5. The predicted molar refractivity (Wildman–Crippen MR) is 148 cm³/mol. The zero-order valence-electron chi connectivity index (χ0n) is 23.3. The molecule has 212 valence electrons. The van der Waals surface area contributed by atoms with Crippen LogP contribution in [0.3, 0.4) is 0 Å². The summed E-state index contributed by atoms with van der Waals surface area (Å²) in [5.74, 6) is -0.735. The number of allylic oxidation sites excluding steroid dienone is 2. The van der Waals surface area contributed by atoms with E-state index in [0.717, 1.165) is 13.3 Å². The highest BCUT2D eigenvalue weighted by Gasteiger charge is 2.25. The Morgan fingerprint density at radius 2 is 1.95 bits per heavy atom. The van der Waals surface area contributed by atoms with Crippen molar-refractivity contribution in [2.24, 2.45) is 22.6 Å². The van der Waals surface area contributed by atoms with Gasteiger partial charge in [-0.1, -0.05) is 41.2 Å². The summed E-state index contributed by atoms with van der Waals surface area (Å²) in [6.45, 7) is 12.9. The number of hydrogen-bond donors (Lipinski definition) is 2. The van der Waals surface area contributed by atoms with Crippen molar-refractivity contribution in [1.82, 2.24) is 0 Å². The molecule has 38 heavy (non-hydrogen) atoms. The molecule has 1 rings (SSSR count). The first-order valence-corrected chi connectivity index (χ1v) is 12.9. The minimum Gasteiger partial charge on any atom is -0.493 e. The van der Waals surface area contributed by atoms with Crippen molar-refractivity contribution in [2.75, 3.05) is 25.2 Å². The molecule has 0 saturated carbocycles. The topological polar surface area (TPSA) is 85.9 Å². The van der Waals surface area contributed by atoms with Crippen molar-refractivity contribution in [3.63, 3.8) is 0 Å². The van der Waals surface area contributed by atoms with Crippen LogP contribution < -0.4 is 11.1 Å². The van der Waals surface area contributed by atoms with Gasteiger partial charge in [-0.05, 0) is 67.5 Å². The molecule has 0 aromatic heterocycles. The van der Waals surface area contributed by atoms with Crippen molar-refractivity contribution < 1.29 is 27.4 Å². The number of aliphatic imine (C=N–C) groups is 1. The average molecular weight is 538 g/mol. The van der Waals surface area contributed by atoms with E-state index < -0.39 is 30.7 Å². The SMILES string of the molecule is C=CC(=N/C=C(/OCC(C)(F)CF)C(C)CC)C(=O)Nc1ccc(F)c(C(C)C(C)CO/C(N)=C/CC)c1. The lowest BCUT2D eigenvalue weighted by Gasteiger charge is -2.22. The lowest BCUT2D eigenvalue weighted by Crippen LogP contribution is -2.28. The second kappa shape index (κ2) is 15.9. The average Bonchev–Trinajstić information content (AvgIpc) is 2.89. The van der Waals surface area contributed by atoms with Crippen LogP contribution in [0.2, 0.25) is 0 Å². The van der Waals surface area contributed by atoms with Crippen LogP contribution in [-0.2, 0) is 14.3 Å². The molecule has 9 heteroatoms. The molecule has 1 amide bonds. The minimum atomic E-state index is -2.13. The second-order valence-electron chi connectivity index (χ2n) is 9.68. The number of amides is 1. The molecule has 0 aliphatic rings. The Morgan fingerprint density at radius 1 is 1.26 bits per heavy atom. The first-order valence-electron chi connectivity index (χ1n) is 12.9. The summed E-state index contributed by atoms with van der Waals surface area (Å²) in [5, 5.41) is 2.71. The molecular weight excluding hydrogens is 495 g/mol. The Balaban J connectivity index is 3.07. The van der Waals surface area contributed by atoms with E-state index in [2.05, 4.69) is 16.9 Å². The zero-order chi connectivity index (χ0) is 28.9. The van der Waals surface area contributed by atoms with Gasteiger partial charge in [-0.15, -0.1) is 0 Å². The van der Waals surface area contributed by atoms with Crippen LogP contribution in [0.15, 0.2) is 59.8 Å². The molecule has 0 spiro atoms. The van der Waals surface area contributed by atoms with Gasteiger partial charge >= 0.3 is 0 Å². The summed E-state index contributed by atoms with van der Waals surface area (Å²) in [7, 11) is 0. The van der Waals surface area contributed by atoms with Gasteiger partial charge in [-0.25, -0.2) is 18.2 Å². The van der Waals surface area contributed by atoms with Gasteiger partial charge in [0.05, 0.1) is 12.8 Å². The maximum atomic E-state index is 14.7. The number of benzene rings is 1. The van der Waals surface area contributed by atoms with Gasteiger partial charge in [0, 0.05) is 11.6 Å². The molecule has 0 heterocycles. The summed E-state index contributed by atoms with van der Waals surface area (Å²) in [6.07, 6.45) is 5.76. The van der Waals surface area contributed by atoms with E-state index >= 15 is 0 Å². The van der Waals surface area contributed by atoms with Crippen molar-refractivity contribution in [3.8, 4) is 0 Å². The van der Waals surface area contributed by atoms with Gasteiger partial charge < -0.3 is 20.5 Å². The Bertz CT molecular complexity index is 1020. The van der Waals surface area contributed by atoms with Crippen LogP contribution in [0, 0.1) is 17.7 Å². The van der Waals surface area contributed by atoms with Crippen LogP contribution in [0.25, 0.3) is 0 Å². The maximum Gasteiger partial charge on any atom is 0.274 e. The minimum absolute atomic E-state index is 0.0261. The number of alkyl halides is 2. The number of anilines is 1. The quantitative estimate of drug-likeness (QED) is 0.176. The predicted octanol–water partition coefficient (Wildman–Crippen LogP) is 6.96. The molecule has 0 aliphatic heterocycles. The lowest BCUT2D eigenvalue weighted by atomic mass is 9.89. The monoisotopic (exact) mass is 537 g/mol. The van der Waals surface area contributed by atoms with E-state index in [-0.39, 0.29) is 23.5 Å². The highest BCUT2D eigenvalue weighted by Crippen LogP contribution is 2.29. The smallest absolute Gasteiger partial charge is 0.274 e. The lowest BCUT2D eigenvalue weighted by molar-refractivity contribution is -0.110. The summed E-state index contributed by atoms with van der Waals surface area (Å²) >= 11 is 0. The molecule has 0 radical (unpaired) electrons. The van der Waals surface area contributed by atoms with Gasteiger partial charge in [0.1, 0.15) is 30.6 Å². The summed E-state index contributed by atoms with van der Waals surface area (Å²) in [4.78, 5) is 17.0. The maximum absolute atomic E-state index is 14.7. The summed E-state index contributed by atoms with van der Waals surface area (Å²) in [5.41, 5.74) is 4.43. The number of nitrogens with one attached hydrogen (secondary N) is 1. The van der Waals surface area contributed by atoms with E-state index in [1.165, 1.54) is 24.4 Å². The molecule has 3 N–H and O–H groups in total. The molecule has 0 aliphatic carbocycles. The molecule has 4 unspecified atom stereocenters. The number of rotatable bonds is 16. The number of ether oxygens (including phenoxy) is 2. The van der Waals surface area contributed by atoms with Crippen LogP contribution in [0.4, 0.5) is 18.9 Å². The third-order valence-corrected chi connectivity index (χ3v) is 6.19. The van der Waals surface area contributed by atoms with Crippen LogP contribution in [0.1, 0.15) is 65.9 Å². The fraction of sp³-hybridized carbons (Fsp3) is 0.517. The van der Waals surface area contributed by atoms with Crippen LogP contribution in [0.5, 0.6) is 0 Å². The van der Waals surface area contributed by atoms with E-state index in [9.17, 15) is 18.0 Å². The Morgan fingerprint density at radius 3 is 2.53 bits per heavy atom. The molecule has 4 atom stereocenters. The molecule has 0 fully saturated rings. The summed E-state index contributed by atoms with van der Waals surface area (Å²) in [6, 6.07) is 4.32. The normalized spacial score (nSPS) is 16.7. The van der Waals surface area contributed by atoms with E-state index in [4.69, 9.17) is 15.2 Å². The molecule has 6 nitrogen and oxygen atoms in total. The van der Waals surface area contributed by atoms with Crippen LogP contribution in [-0.4, -0.2) is 37.2 Å². The third kappa shape index (κ3) is 10.6. The first kappa shape index (κ1) is 32.8. The van der Waals surface area contributed by atoms with Crippen molar-refractivity contribution in [3.05, 3.63) is 66.2 Å². The largest absolute Gasteiger partial charge is 0.493 e. The Kier molecular flexibility index (Phi) is 13.7. The number of nitrogens with two attached hydrogens (primary N) is 1. The molecule has 1 aromatic rings. The Labute approximate surface area is 224 Å². The van der Waals surface area contributed by atoms with Gasteiger partial charge in [-0.3, -0.25) is 4.79 Å². The first-order chi connectivity index (χ1) is 17.9. The third-order valence-electron chi connectivity index (χ3n) is 6.19. The molecule has 1 aromatic carbocycles. The van der Waals surface area contributed by atoms with Crippen molar-refractivity contribution >= 4 is 17.3 Å². The molecule has 0 bridgehead atoms. The van der Waals surface area contributed by atoms with E-state index in [1.54, 1.807) is 12.1 Å². The van der Waals surface area contributed by atoms with Crippen molar-refractivity contribution in [2.45, 2.75) is 66.0 Å². The number of halogens is 3. The highest BCUT2D eigenvalue weighted by molar-refractivity contribution is 6.47. The van der Waals surface area contributed by atoms with Gasteiger partial charge in [-0.2, -0.15) is 0 Å². The number of carbonyl (C=O) groups is 1. The standard InChI is InChI=1S/C29H42F3N3O3/c1-8-11-27(33)37-16-20(5)21(6)23-14-22(12-13-24(23)31)35-28(36)25(10-3)34-15-26(19(4)9-2)38-18-29(7,32)17-30/h10-15,19-21H,3,8-9,16-18,33H2,1-2,4-7H3,(H,35,36)/b26-15+,27-11+,34-25?. The van der Waals surface area contributed by atoms with Gasteiger partial charge in [0.15, 0.2) is 11.6 Å². The van der Waals surface area contributed by atoms with Crippen molar-refractivity contribution in [1.29, 1.82) is 0 Å². The highest BCUT2D eigenvalue weighted by atomic mass is 19.2. The van der Waals surface area contributed by atoms with E-state index in [0.29, 0.717) is 35.9 Å².